The van der Waals surface area contributed by atoms with E-state index in [2.05, 4.69) is 27.0 Å². The predicted molar refractivity (Wildman–Crippen MR) is 82.8 cm³/mol. The highest BCUT2D eigenvalue weighted by atomic mass is 79.9. The Morgan fingerprint density at radius 2 is 2.00 bits per heavy atom. The van der Waals surface area contributed by atoms with Crippen LogP contribution in [0.4, 0.5) is 5.69 Å². The molecule has 2 aromatic rings. The summed E-state index contributed by atoms with van der Waals surface area (Å²) >= 11 is 9.68. The van der Waals surface area contributed by atoms with E-state index in [4.69, 9.17) is 17.3 Å². The number of pyridine rings is 1. The topological polar surface area (TPSA) is 38.9 Å². The molecule has 0 fully saturated rings. The fourth-order valence-corrected chi connectivity index (χ4v) is 3.34. The first-order chi connectivity index (χ1) is 9.06. The zero-order valence-corrected chi connectivity index (χ0v) is 13.0. The lowest BCUT2D eigenvalue weighted by Gasteiger charge is -2.13. The van der Waals surface area contributed by atoms with Crippen LogP contribution in [0.15, 0.2) is 22.8 Å². The van der Waals surface area contributed by atoms with E-state index in [1.807, 2.05) is 19.2 Å². The lowest BCUT2D eigenvalue weighted by Crippen LogP contribution is -2.02. The molecular formula is C15H14BrClN2. The fraction of sp³-hybridized carbons (Fsp3) is 0.267. The third kappa shape index (κ3) is 2.26. The molecule has 0 saturated heterocycles. The van der Waals surface area contributed by atoms with Crippen molar-refractivity contribution in [2.45, 2.75) is 26.2 Å². The monoisotopic (exact) mass is 336 g/mol. The molecule has 1 aromatic heterocycles. The zero-order valence-electron chi connectivity index (χ0n) is 10.6. The first-order valence-corrected chi connectivity index (χ1v) is 7.43. The van der Waals surface area contributed by atoms with Crippen LogP contribution in [0.2, 0.25) is 5.02 Å². The molecule has 0 unspecified atom stereocenters. The van der Waals surface area contributed by atoms with Gasteiger partial charge in [0.05, 0.1) is 10.7 Å². The first-order valence-electron chi connectivity index (χ1n) is 6.26. The van der Waals surface area contributed by atoms with E-state index in [1.54, 1.807) is 0 Å². The molecule has 0 saturated carbocycles. The Morgan fingerprint density at radius 1 is 1.26 bits per heavy atom. The predicted octanol–water partition coefficient (Wildman–Crippen LogP) is 4.08. The van der Waals surface area contributed by atoms with Crippen molar-refractivity contribution in [3.63, 3.8) is 0 Å². The molecule has 1 aromatic carbocycles. The summed E-state index contributed by atoms with van der Waals surface area (Å²) < 4.78 is 1.03. The molecule has 0 atom stereocenters. The second kappa shape index (κ2) is 4.80. The van der Waals surface area contributed by atoms with Gasteiger partial charge in [-0.1, -0.05) is 11.6 Å². The van der Waals surface area contributed by atoms with Gasteiger partial charge in [0.15, 0.2) is 0 Å². The van der Waals surface area contributed by atoms with E-state index < -0.39 is 0 Å². The number of anilines is 1. The van der Waals surface area contributed by atoms with E-state index in [9.17, 15) is 0 Å². The van der Waals surface area contributed by atoms with Gasteiger partial charge in [0.1, 0.15) is 0 Å². The lowest BCUT2D eigenvalue weighted by molar-refractivity contribution is 0.949. The molecule has 0 aliphatic heterocycles. The summed E-state index contributed by atoms with van der Waals surface area (Å²) in [7, 11) is 0. The van der Waals surface area contributed by atoms with Crippen LogP contribution >= 0.6 is 27.5 Å². The number of nitrogens with zero attached hydrogens (tertiary/aromatic N) is 1. The smallest absolute Gasteiger partial charge is 0.0641 e. The number of aromatic nitrogens is 1. The molecule has 2 nitrogen and oxygen atoms in total. The number of aryl methyl sites for hydroxylation is 2. The summed E-state index contributed by atoms with van der Waals surface area (Å²) in [6.45, 7) is 2.05. The van der Waals surface area contributed by atoms with Gasteiger partial charge in [-0.15, -0.1) is 0 Å². The van der Waals surface area contributed by atoms with Crippen LogP contribution in [0.5, 0.6) is 0 Å². The molecule has 1 heterocycles. The number of hydrogen-bond acceptors (Lipinski definition) is 2. The zero-order chi connectivity index (χ0) is 13.6. The largest absolute Gasteiger partial charge is 0.397 e. The molecule has 0 amide bonds. The van der Waals surface area contributed by atoms with Crippen LogP contribution in [0.3, 0.4) is 0 Å². The molecule has 0 spiro atoms. The van der Waals surface area contributed by atoms with Gasteiger partial charge in [-0.2, -0.15) is 0 Å². The summed E-state index contributed by atoms with van der Waals surface area (Å²) in [6, 6.07) is 4.18. The molecule has 4 heteroatoms. The molecule has 3 rings (SSSR count). The van der Waals surface area contributed by atoms with E-state index in [0.717, 1.165) is 35.0 Å². The van der Waals surface area contributed by atoms with Gasteiger partial charge in [0.2, 0.25) is 0 Å². The van der Waals surface area contributed by atoms with Crippen LogP contribution in [0, 0.1) is 6.92 Å². The number of nitrogens with two attached hydrogens (primary N) is 1. The number of nitrogen functional groups attached to an aromatic ring is 1. The Hall–Kier alpha value is -1.06. The summed E-state index contributed by atoms with van der Waals surface area (Å²) in [4.78, 5) is 4.55. The third-order valence-electron chi connectivity index (χ3n) is 3.84. The Kier molecular flexibility index (Phi) is 3.27. The molecule has 19 heavy (non-hydrogen) atoms. The van der Waals surface area contributed by atoms with Crippen molar-refractivity contribution < 1.29 is 0 Å². The summed E-state index contributed by atoms with van der Waals surface area (Å²) in [5.41, 5.74) is 12.9. The van der Waals surface area contributed by atoms with E-state index in [1.165, 1.54) is 16.7 Å². The molecule has 1 aliphatic carbocycles. The molecule has 1 aliphatic rings. The minimum absolute atomic E-state index is 0.663. The second-order valence-electron chi connectivity index (χ2n) is 4.97. The average molecular weight is 338 g/mol. The number of benzene rings is 1. The van der Waals surface area contributed by atoms with E-state index >= 15 is 0 Å². The maximum atomic E-state index is 6.19. The minimum Gasteiger partial charge on any atom is -0.397 e. The quantitative estimate of drug-likeness (QED) is 0.736. The Labute approximate surface area is 126 Å². The average Bonchev–Trinajstić information content (AvgIpc) is 2.56. The van der Waals surface area contributed by atoms with Crippen LogP contribution in [-0.2, 0) is 19.3 Å². The number of halogens is 2. The van der Waals surface area contributed by atoms with Crippen molar-refractivity contribution in [1.29, 1.82) is 0 Å². The van der Waals surface area contributed by atoms with E-state index in [0.29, 0.717) is 10.7 Å². The Bertz CT molecular complexity index is 668. The van der Waals surface area contributed by atoms with Crippen LogP contribution in [0.1, 0.15) is 27.9 Å². The van der Waals surface area contributed by atoms with Gasteiger partial charge < -0.3 is 5.73 Å². The normalized spacial score (nSPS) is 13.6. The maximum Gasteiger partial charge on any atom is 0.0641 e. The number of fused-ring (bicyclic) bond motifs is 2. The van der Waals surface area contributed by atoms with Gasteiger partial charge in [-0.05, 0) is 70.1 Å². The summed E-state index contributed by atoms with van der Waals surface area (Å²) in [5, 5.41) is 0.663. The summed E-state index contributed by atoms with van der Waals surface area (Å²) in [6.07, 6.45) is 4.68. The van der Waals surface area contributed by atoms with Gasteiger partial charge in [-0.25, -0.2) is 0 Å². The van der Waals surface area contributed by atoms with Crippen molar-refractivity contribution in [2.24, 2.45) is 0 Å². The first kappa shape index (κ1) is 12.9. The highest BCUT2D eigenvalue weighted by molar-refractivity contribution is 9.10. The number of rotatable bonds is 0. The van der Waals surface area contributed by atoms with Gasteiger partial charge in [-0.3, -0.25) is 4.98 Å². The Balaban J connectivity index is 2.15. The highest BCUT2D eigenvalue weighted by Crippen LogP contribution is 2.33. The third-order valence-corrected chi connectivity index (χ3v) is 4.58. The minimum atomic E-state index is 0.663. The van der Waals surface area contributed by atoms with Gasteiger partial charge in [0.25, 0.3) is 0 Å². The summed E-state index contributed by atoms with van der Waals surface area (Å²) in [5.74, 6) is 0. The van der Waals surface area contributed by atoms with Crippen molar-refractivity contribution in [3.05, 3.63) is 55.8 Å². The van der Waals surface area contributed by atoms with Gasteiger partial charge >= 0.3 is 0 Å². The molecular weight excluding hydrogens is 324 g/mol. The van der Waals surface area contributed by atoms with E-state index in [-0.39, 0.29) is 0 Å². The second-order valence-corrected chi connectivity index (χ2v) is 6.29. The highest BCUT2D eigenvalue weighted by Gasteiger charge is 2.18. The maximum absolute atomic E-state index is 6.19. The molecule has 0 radical (unpaired) electrons. The van der Waals surface area contributed by atoms with Crippen LogP contribution in [0.25, 0.3) is 0 Å². The SMILES string of the molecule is Cc1c(N)c(Cl)cc2c1Cc1ncc(Br)cc1CC2. The fourth-order valence-electron chi connectivity index (χ4n) is 2.69. The molecule has 2 N–H and O–H groups in total. The van der Waals surface area contributed by atoms with Crippen molar-refractivity contribution in [2.75, 3.05) is 5.73 Å². The van der Waals surface area contributed by atoms with Crippen molar-refractivity contribution in [3.8, 4) is 0 Å². The lowest BCUT2D eigenvalue weighted by atomic mass is 9.96. The molecule has 0 bridgehead atoms. The number of hydrogen-bond donors (Lipinski definition) is 1. The van der Waals surface area contributed by atoms with Gasteiger partial charge in [0, 0.05) is 22.8 Å². The Morgan fingerprint density at radius 3 is 2.79 bits per heavy atom. The molecule has 98 valence electrons. The van der Waals surface area contributed by atoms with Crippen molar-refractivity contribution in [1.82, 2.24) is 4.98 Å². The standard InChI is InChI=1S/C15H14BrClN2/c1-8-12-6-14-10(4-11(16)7-19-14)3-2-9(12)5-13(17)15(8)18/h4-5,7H,2-3,6,18H2,1H3. The van der Waals surface area contributed by atoms with Crippen LogP contribution in [-0.4, -0.2) is 4.98 Å². The van der Waals surface area contributed by atoms with Crippen molar-refractivity contribution >= 4 is 33.2 Å². The van der Waals surface area contributed by atoms with Crippen LogP contribution < -0.4 is 5.73 Å².